The average molecular weight is 298 g/mol. The number of anilines is 1. The zero-order valence-corrected chi connectivity index (χ0v) is 11.6. The van der Waals surface area contributed by atoms with Gasteiger partial charge in [-0.05, 0) is 30.9 Å². The van der Waals surface area contributed by atoms with Gasteiger partial charge in [-0.1, -0.05) is 11.6 Å². The van der Waals surface area contributed by atoms with Crippen LogP contribution in [-0.4, -0.2) is 35.1 Å². The van der Waals surface area contributed by atoms with Gasteiger partial charge in [-0.3, -0.25) is 4.79 Å². The SMILES string of the molecule is NC(=O)CC1CCN(c2ccc(Cl)c(C(=O)O)n2)CC1. The van der Waals surface area contributed by atoms with Crippen molar-refractivity contribution in [2.45, 2.75) is 19.3 Å². The molecule has 0 atom stereocenters. The lowest BCUT2D eigenvalue weighted by molar-refractivity contribution is -0.119. The van der Waals surface area contributed by atoms with Crippen molar-refractivity contribution >= 4 is 29.3 Å². The third kappa shape index (κ3) is 3.39. The van der Waals surface area contributed by atoms with Gasteiger partial charge >= 0.3 is 5.97 Å². The smallest absolute Gasteiger partial charge is 0.356 e. The molecule has 6 nitrogen and oxygen atoms in total. The Morgan fingerprint density at radius 2 is 2.05 bits per heavy atom. The second-order valence-corrected chi connectivity index (χ2v) is 5.31. The summed E-state index contributed by atoms with van der Waals surface area (Å²) in [5.41, 5.74) is 5.06. The summed E-state index contributed by atoms with van der Waals surface area (Å²) < 4.78 is 0. The summed E-state index contributed by atoms with van der Waals surface area (Å²) in [6.45, 7) is 1.46. The third-order valence-electron chi connectivity index (χ3n) is 3.46. The molecule has 108 valence electrons. The van der Waals surface area contributed by atoms with Crippen molar-refractivity contribution in [3.05, 3.63) is 22.8 Å². The van der Waals surface area contributed by atoms with Crippen LogP contribution in [-0.2, 0) is 4.79 Å². The lowest BCUT2D eigenvalue weighted by Crippen LogP contribution is -2.35. The van der Waals surface area contributed by atoms with E-state index in [2.05, 4.69) is 4.98 Å². The summed E-state index contributed by atoms with van der Waals surface area (Å²) in [6.07, 6.45) is 2.09. The zero-order valence-electron chi connectivity index (χ0n) is 10.9. The Bertz CT molecular complexity index is 528. The minimum absolute atomic E-state index is 0.130. The van der Waals surface area contributed by atoms with Crippen LogP contribution in [0.25, 0.3) is 0 Å². The molecule has 1 fully saturated rings. The molecular weight excluding hydrogens is 282 g/mol. The first-order valence-corrected chi connectivity index (χ1v) is 6.78. The first-order chi connectivity index (χ1) is 9.47. The molecule has 0 aliphatic carbocycles. The number of aromatic carboxylic acids is 1. The molecular formula is C13H16ClN3O3. The predicted molar refractivity (Wildman–Crippen MR) is 75.0 cm³/mol. The Morgan fingerprint density at radius 3 is 2.60 bits per heavy atom. The van der Waals surface area contributed by atoms with Crippen molar-refractivity contribution in [3.8, 4) is 0 Å². The monoisotopic (exact) mass is 297 g/mol. The lowest BCUT2D eigenvalue weighted by atomic mass is 9.93. The average Bonchev–Trinajstić information content (AvgIpc) is 2.39. The standard InChI is InChI=1S/C13H16ClN3O3/c14-9-1-2-11(16-12(9)13(19)20)17-5-3-8(4-6-17)7-10(15)18/h1-2,8H,3-7H2,(H2,15,18)(H,19,20). The fraction of sp³-hybridized carbons (Fsp3) is 0.462. The van der Waals surface area contributed by atoms with Crippen molar-refractivity contribution in [1.82, 2.24) is 4.98 Å². The maximum Gasteiger partial charge on any atom is 0.356 e. The van der Waals surface area contributed by atoms with Gasteiger partial charge in [0.05, 0.1) is 5.02 Å². The van der Waals surface area contributed by atoms with E-state index in [1.54, 1.807) is 12.1 Å². The first-order valence-electron chi connectivity index (χ1n) is 6.40. The van der Waals surface area contributed by atoms with Gasteiger partial charge in [-0.15, -0.1) is 0 Å². The van der Waals surface area contributed by atoms with Gasteiger partial charge in [0.15, 0.2) is 5.69 Å². The van der Waals surface area contributed by atoms with Crippen LogP contribution in [0.5, 0.6) is 0 Å². The number of primary amides is 1. The molecule has 7 heteroatoms. The second-order valence-electron chi connectivity index (χ2n) is 4.91. The molecule has 1 aromatic rings. The Kier molecular flexibility index (Phi) is 4.44. The molecule has 1 saturated heterocycles. The highest BCUT2D eigenvalue weighted by Gasteiger charge is 2.22. The van der Waals surface area contributed by atoms with E-state index in [1.165, 1.54) is 0 Å². The number of rotatable bonds is 4. The number of nitrogens with zero attached hydrogens (tertiary/aromatic N) is 2. The first kappa shape index (κ1) is 14.6. The maximum atomic E-state index is 11.0. The van der Waals surface area contributed by atoms with Gasteiger partial charge in [-0.2, -0.15) is 0 Å². The second kappa shape index (κ2) is 6.09. The topological polar surface area (TPSA) is 96.5 Å². The van der Waals surface area contributed by atoms with E-state index < -0.39 is 5.97 Å². The van der Waals surface area contributed by atoms with Crippen molar-refractivity contribution in [2.75, 3.05) is 18.0 Å². The Labute approximate surface area is 121 Å². The molecule has 0 bridgehead atoms. The Balaban J connectivity index is 2.05. The molecule has 2 rings (SSSR count). The lowest BCUT2D eigenvalue weighted by Gasteiger charge is -2.32. The number of hydrogen-bond acceptors (Lipinski definition) is 4. The Morgan fingerprint density at radius 1 is 1.40 bits per heavy atom. The molecule has 0 unspecified atom stereocenters. The number of carboxylic acid groups (broad SMARTS) is 1. The van der Waals surface area contributed by atoms with Crippen LogP contribution in [0.15, 0.2) is 12.1 Å². The van der Waals surface area contributed by atoms with Crippen molar-refractivity contribution in [2.24, 2.45) is 11.7 Å². The van der Waals surface area contributed by atoms with Crippen LogP contribution in [0.2, 0.25) is 5.02 Å². The molecule has 0 spiro atoms. The predicted octanol–water partition coefficient (Wildman–Crippen LogP) is 1.52. The van der Waals surface area contributed by atoms with E-state index >= 15 is 0 Å². The van der Waals surface area contributed by atoms with E-state index in [1.807, 2.05) is 4.90 Å². The minimum atomic E-state index is -1.14. The van der Waals surface area contributed by atoms with Gasteiger partial charge in [-0.25, -0.2) is 9.78 Å². The Hall–Kier alpha value is -1.82. The number of pyridine rings is 1. The van der Waals surface area contributed by atoms with Crippen LogP contribution in [0.3, 0.4) is 0 Å². The summed E-state index contributed by atoms with van der Waals surface area (Å²) >= 11 is 5.80. The quantitative estimate of drug-likeness (QED) is 0.878. The maximum absolute atomic E-state index is 11.0. The summed E-state index contributed by atoms with van der Waals surface area (Å²) in [5.74, 6) is -0.513. The molecule has 1 amide bonds. The van der Waals surface area contributed by atoms with E-state index in [4.69, 9.17) is 22.4 Å². The normalized spacial score (nSPS) is 16.1. The molecule has 20 heavy (non-hydrogen) atoms. The molecule has 1 aliphatic heterocycles. The number of piperidine rings is 1. The number of nitrogens with two attached hydrogens (primary N) is 1. The van der Waals surface area contributed by atoms with Gasteiger partial charge < -0.3 is 15.7 Å². The molecule has 0 aromatic carbocycles. The number of carbonyl (C=O) groups excluding carboxylic acids is 1. The number of carboxylic acids is 1. The van der Waals surface area contributed by atoms with Gasteiger partial charge in [0.25, 0.3) is 0 Å². The highest BCUT2D eigenvalue weighted by Crippen LogP contribution is 2.25. The van der Waals surface area contributed by atoms with Gasteiger partial charge in [0.1, 0.15) is 5.82 Å². The fourth-order valence-electron chi connectivity index (χ4n) is 2.41. The summed E-state index contributed by atoms with van der Waals surface area (Å²) in [4.78, 5) is 28.0. The van der Waals surface area contributed by atoms with E-state index in [0.717, 1.165) is 25.9 Å². The van der Waals surface area contributed by atoms with Crippen molar-refractivity contribution in [1.29, 1.82) is 0 Å². The number of halogens is 1. The molecule has 2 heterocycles. The van der Waals surface area contributed by atoms with Crippen molar-refractivity contribution in [3.63, 3.8) is 0 Å². The number of aromatic nitrogens is 1. The van der Waals surface area contributed by atoms with E-state index in [0.29, 0.717) is 18.2 Å². The van der Waals surface area contributed by atoms with Crippen LogP contribution in [0.4, 0.5) is 5.82 Å². The summed E-state index contributed by atoms with van der Waals surface area (Å²) in [5, 5.41) is 9.14. The van der Waals surface area contributed by atoms with Gasteiger partial charge in [0, 0.05) is 19.5 Å². The summed E-state index contributed by atoms with van der Waals surface area (Å²) in [7, 11) is 0. The molecule has 3 N–H and O–H groups in total. The van der Waals surface area contributed by atoms with Crippen LogP contribution in [0.1, 0.15) is 29.8 Å². The van der Waals surface area contributed by atoms with E-state index in [-0.39, 0.29) is 16.6 Å². The van der Waals surface area contributed by atoms with Gasteiger partial charge in [0.2, 0.25) is 5.91 Å². The zero-order chi connectivity index (χ0) is 14.7. The summed E-state index contributed by atoms with van der Waals surface area (Å²) in [6, 6.07) is 3.26. The minimum Gasteiger partial charge on any atom is -0.476 e. The van der Waals surface area contributed by atoms with Crippen LogP contribution >= 0.6 is 11.6 Å². The molecule has 0 radical (unpaired) electrons. The largest absolute Gasteiger partial charge is 0.476 e. The number of amides is 1. The number of hydrogen-bond donors (Lipinski definition) is 2. The molecule has 0 saturated carbocycles. The van der Waals surface area contributed by atoms with E-state index in [9.17, 15) is 9.59 Å². The van der Waals surface area contributed by atoms with Crippen molar-refractivity contribution < 1.29 is 14.7 Å². The highest BCUT2D eigenvalue weighted by molar-refractivity contribution is 6.33. The fourth-order valence-corrected chi connectivity index (χ4v) is 2.59. The molecule has 1 aliphatic rings. The number of carbonyl (C=O) groups is 2. The molecule has 1 aromatic heterocycles. The third-order valence-corrected chi connectivity index (χ3v) is 3.77. The highest BCUT2D eigenvalue weighted by atomic mass is 35.5. The van der Waals surface area contributed by atoms with Crippen LogP contribution < -0.4 is 10.6 Å². The van der Waals surface area contributed by atoms with Crippen LogP contribution in [0, 0.1) is 5.92 Å².